The van der Waals surface area contributed by atoms with Crippen molar-refractivity contribution in [2.24, 2.45) is 5.92 Å². The Morgan fingerprint density at radius 3 is 2.12 bits per heavy atom. The molecule has 56 heavy (non-hydrogen) atoms. The van der Waals surface area contributed by atoms with Gasteiger partial charge in [-0.15, -0.1) is 11.3 Å². The number of ether oxygens (including phenoxy) is 1. The molecular weight excluding hydrogens is 755 g/mol. The van der Waals surface area contributed by atoms with Crippen LogP contribution in [0.25, 0.3) is 0 Å². The number of aryl methyl sites for hydroxylation is 3. The van der Waals surface area contributed by atoms with Gasteiger partial charge in [-0.25, -0.2) is 13.2 Å². The molecule has 1 fully saturated rings. The molecule has 12 nitrogen and oxygen atoms in total. The molecule has 1 aromatic heterocycles. The summed E-state index contributed by atoms with van der Waals surface area (Å²) in [6, 6.07) is 20.0. The maximum Gasteiger partial charge on any atom is 0.335 e. The number of carboxylic acids is 2. The van der Waals surface area contributed by atoms with Crippen LogP contribution < -0.4 is 10.6 Å². The molecule has 0 aliphatic heterocycles. The van der Waals surface area contributed by atoms with E-state index in [-0.39, 0.29) is 35.1 Å². The van der Waals surface area contributed by atoms with Gasteiger partial charge in [0, 0.05) is 35.8 Å². The standard InChI is InChI=1S/C42H47N3O9S2/c1-54-25-24-45(33-22-18-30(19-23-33)42(50)51)56(52,53)34-9-5-8-31(26-34)38(46)44-40-37(35-10-2-3-11-36(35)55-40)39(47)43-32-20-14-28(15-21-32)7-4-6-27-12-16-29(17-13-27)41(48)49/h5,8-9,12-17,20-21,26,30,33H,2-4,6-7,10-11,18-19,22-25H2,1H3,(H,43,47)(H,44,46)(H,48,49)(H,50,51). The number of sulfonamides is 1. The molecule has 296 valence electrons. The van der Waals surface area contributed by atoms with Crippen LogP contribution in [0.5, 0.6) is 0 Å². The second kappa shape index (κ2) is 18.4. The summed E-state index contributed by atoms with van der Waals surface area (Å²) >= 11 is 1.38. The second-order valence-corrected chi connectivity index (χ2v) is 17.4. The van der Waals surface area contributed by atoms with Gasteiger partial charge in [0.1, 0.15) is 5.00 Å². The van der Waals surface area contributed by atoms with Gasteiger partial charge >= 0.3 is 11.9 Å². The lowest BCUT2D eigenvalue weighted by Gasteiger charge is -2.35. The van der Waals surface area contributed by atoms with Gasteiger partial charge in [-0.1, -0.05) is 30.3 Å². The number of benzene rings is 3. The van der Waals surface area contributed by atoms with Crippen molar-refractivity contribution in [3.05, 3.63) is 111 Å². The lowest BCUT2D eigenvalue weighted by atomic mass is 9.86. The Balaban J connectivity index is 1.14. The van der Waals surface area contributed by atoms with Gasteiger partial charge < -0.3 is 25.6 Å². The number of anilines is 2. The molecule has 3 aromatic carbocycles. The number of fused-ring (bicyclic) bond motifs is 1. The van der Waals surface area contributed by atoms with Crippen molar-refractivity contribution < 1.29 is 42.5 Å². The minimum absolute atomic E-state index is 0.0529. The zero-order valence-corrected chi connectivity index (χ0v) is 32.9. The molecule has 1 heterocycles. The predicted octanol–water partition coefficient (Wildman–Crippen LogP) is 7.29. The quantitative estimate of drug-likeness (QED) is 0.0906. The van der Waals surface area contributed by atoms with Crippen molar-refractivity contribution in [3.63, 3.8) is 0 Å². The first kappa shape index (κ1) is 40.8. The molecule has 0 bridgehead atoms. The minimum Gasteiger partial charge on any atom is -0.481 e. The van der Waals surface area contributed by atoms with E-state index in [4.69, 9.17) is 9.84 Å². The second-order valence-electron chi connectivity index (χ2n) is 14.4. The molecule has 2 amide bonds. The molecule has 0 spiro atoms. The third kappa shape index (κ3) is 9.73. The van der Waals surface area contributed by atoms with Crippen LogP contribution in [0.4, 0.5) is 10.7 Å². The maximum atomic E-state index is 14.1. The van der Waals surface area contributed by atoms with Crippen molar-refractivity contribution in [1.29, 1.82) is 0 Å². The van der Waals surface area contributed by atoms with Gasteiger partial charge in [0.25, 0.3) is 11.8 Å². The van der Waals surface area contributed by atoms with E-state index in [1.807, 2.05) is 36.4 Å². The van der Waals surface area contributed by atoms with Crippen molar-refractivity contribution in [3.8, 4) is 0 Å². The van der Waals surface area contributed by atoms with Crippen LogP contribution in [-0.4, -0.2) is 73.0 Å². The van der Waals surface area contributed by atoms with Crippen molar-refractivity contribution in [1.82, 2.24) is 4.31 Å². The van der Waals surface area contributed by atoms with Crippen molar-refractivity contribution >= 4 is 55.8 Å². The van der Waals surface area contributed by atoms with Gasteiger partial charge in [-0.2, -0.15) is 4.31 Å². The normalized spacial score (nSPS) is 16.9. The van der Waals surface area contributed by atoms with Gasteiger partial charge in [-0.05, 0) is 130 Å². The number of amides is 2. The van der Waals surface area contributed by atoms with Crippen LogP contribution in [0.2, 0.25) is 0 Å². The Morgan fingerprint density at radius 1 is 0.821 bits per heavy atom. The number of carbonyl (C=O) groups is 4. The Labute approximate surface area is 330 Å². The average molecular weight is 802 g/mol. The number of rotatable bonds is 16. The number of thiophene rings is 1. The number of carbonyl (C=O) groups excluding carboxylic acids is 2. The summed E-state index contributed by atoms with van der Waals surface area (Å²) in [6.45, 7) is 0.247. The van der Waals surface area contributed by atoms with Crippen molar-refractivity contribution in [2.75, 3.05) is 30.9 Å². The number of carboxylic acid groups (broad SMARTS) is 2. The monoisotopic (exact) mass is 801 g/mol. The molecule has 2 aliphatic rings. The largest absolute Gasteiger partial charge is 0.481 e. The van der Waals surface area contributed by atoms with Crippen LogP contribution >= 0.6 is 11.3 Å². The maximum absolute atomic E-state index is 14.1. The average Bonchev–Trinajstić information content (AvgIpc) is 3.57. The fraction of sp³-hybridized carbons (Fsp3) is 0.381. The van der Waals surface area contributed by atoms with Gasteiger partial charge in [-0.3, -0.25) is 14.4 Å². The van der Waals surface area contributed by atoms with Crippen LogP contribution in [0, 0.1) is 5.92 Å². The predicted molar refractivity (Wildman–Crippen MR) is 214 cm³/mol. The molecule has 0 atom stereocenters. The summed E-state index contributed by atoms with van der Waals surface area (Å²) in [6.07, 6.45) is 7.48. The summed E-state index contributed by atoms with van der Waals surface area (Å²) in [5.74, 6) is -3.19. The zero-order valence-electron chi connectivity index (χ0n) is 31.3. The molecule has 1 saturated carbocycles. The lowest BCUT2D eigenvalue weighted by molar-refractivity contribution is -0.143. The summed E-state index contributed by atoms with van der Waals surface area (Å²) in [7, 11) is -2.59. The number of methoxy groups -OCH3 is 1. The Hall–Kier alpha value is -4.89. The lowest BCUT2D eigenvalue weighted by Crippen LogP contribution is -2.44. The van der Waals surface area contributed by atoms with Crippen LogP contribution in [0.1, 0.15) is 97.6 Å². The molecule has 0 radical (unpaired) electrons. The smallest absolute Gasteiger partial charge is 0.335 e. The third-order valence-corrected chi connectivity index (χ3v) is 13.8. The molecule has 6 rings (SSSR count). The fourth-order valence-electron chi connectivity index (χ4n) is 7.55. The van der Waals surface area contributed by atoms with E-state index in [2.05, 4.69) is 10.6 Å². The van der Waals surface area contributed by atoms with Crippen LogP contribution in [-0.2, 0) is 45.2 Å². The van der Waals surface area contributed by atoms with E-state index in [0.717, 1.165) is 60.1 Å². The Kier molecular flexibility index (Phi) is 13.4. The SMILES string of the molecule is COCCN(C1CCC(C(=O)O)CC1)S(=O)(=O)c1cccc(C(=O)Nc2sc3c(c2C(=O)Nc2ccc(CCCc4ccc(C(=O)O)cc4)cc2)CCCC3)c1. The number of nitrogens with one attached hydrogen (secondary N) is 2. The van der Waals surface area contributed by atoms with E-state index in [9.17, 15) is 32.7 Å². The number of hydrogen-bond acceptors (Lipinski definition) is 8. The number of aliphatic carboxylic acids is 1. The number of hydrogen-bond donors (Lipinski definition) is 4. The van der Waals surface area contributed by atoms with Gasteiger partial charge in [0.2, 0.25) is 10.0 Å². The molecule has 0 unspecified atom stereocenters. The molecule has 2 aliphatic carbocycles. The highest BCUT2D eigenvalue weighted by Gasteiger charge is 2.36. The minimum atomic E-state index is -4.08. The molecule has 4 N–H and O–H groups in total. The van der Waals surface area contributed by atoms with Crippen molar-refractivity contribution in [2.45, 2.75) is 81.6 Å². The van der Waals surface area contributed by atoms with E-state index in [0.29, 0.717) is 48.4 Å². The highest BCUT2D eigenvalue weighted by molar-refractivity contribution is 7.89. The molecule has 0 saturated heterocycles. The summed E-state index contributed by atoms with van der Waals surface area (Å²) < 4.78 is 34.7. The van der Waals surface area contributed by atoms with E-state index in [1.54, 1.807) is 12.1 Å². The summed E-state index contributed by atoms with van der Waals surface area (Å²) in [4.78, 5) is 51.3. The zero-order chi connectivity index (χ0) is 39.8. The highest BCUT2D eigenvalue weighted by Crippen LogP contribution is 2.39. The van der Waals surface area contributed by atoms with E-state index < -0.39 is 39.8 Å². The Bertz CT molecular complexity index is 2160. The molecule has 4 aromatic rings. The summed E-state index contributed by atoms with van der Waals surface area (Å²) in [5, 5.41) is 24.9. The van der Waals surface area contributed by atoms with Crippen LogP contribution in [0.3, 0.4) is 0 Å². The number of aromatic carboxylic acids is 1. The van der Waals surface area contributed by atoms with Gasteiger partial charge in [0.05, 0.1) is 28.5 Å². The van der Waals surface area contributed by atoms with E-state index in [1.165, 1.54) is 47.0 Å². The highest BCUT2D eigenvalue weighted by atomic mass is 32.2. The van der Waals surface area contributed by atoms with Gasteiger partial charge in [0.15, 0.2) is 0 Å². The number of nitrogens with zero attached hydrogens (tertiary/aromatic N) is 1. The molecular formula is C42H47N3O9S2. The first-order chi connectivity index (χ1) is 26.9. The summed E-state index contributed by atoms with van der Waals surface area (Å²) in [5.41, 5.74) is 4.51. The topological polar surface area (TPSA) is 179 Å². The van der Waals surface area contributed by atoms with Crippen LogP contribution in [0.15, 0.2) is 77.7 Å². The first-order valence-corrected chi connectivity index (χ1v) is 21.2. The first-order valence-electron chi connectivity index (χ1n) is 19.0. The van der Waals surface area contributed by atoms with E-state index >= 15 is 0 Å². The fourth-order valence-corrected chi connectivity index (χ4v) is 10.5. The third-order valence-electron chi connectivity index (χ3n) is 10.6. The Morgan fingerprint density at radius 2 is 1.48 bits per heavy atom. The molecule has 14 heteroatoms.